The van der Waals surface area contributed by atoms with Crippen LogP contribution in [0.1, 0.15) is 47.9 Å². The predicted octanol–water partition coefficient (Wildman–Crippen LogP) is 10.2. The van der Waals surface area contributed by atoms with E-state index in [1.807, 2.05) is 42.5 Å². The van der Waals surface area contributed by atoms with Gasteiger partial charge in [0.25, 0.3) is 0 Å². The second kappa shape index (κ2) is 22.5. The molecule has 0 saturated heterocycles. The fourth-order valence-electron chi connectivity index (χ4n) is 6.23. The Hall–Kier alpha value is -2.89. The molecule has 2 aromatic heterocycles. The van der Waals surface area contributed by atoms with Gasteiger partial charge in [-0.2, -0.15) is 0 Å². The summed E-state index contributed by atoms with van der Waals surface area (Å²) >= 11 is 33.5. The van der Waals surface area contributed by atoms with Crippen molar-refractivity contribution in [1.29, 1.82) is 0 Å². The largest absolute Gasteiger partial charge is 0.762 e. The van der Waals surface area contributed by atoms with Crippen molar-refractivity contribution < 1.29 is 16.5 Å². The molecule has 0 atom stereocenters. The third kappa shape index (κ3) is 12.6. The van der Waals surface area contributed by atoms with Crippen LogP contribution in [0.2, 0.25) is 0 Å². The average Bonchev–Trinajstić information content (AvgIpc) is 3.51. The summed E-state index contributed by atoms with van der Waals surface area (Å²) in [5.74, 6) is 0. The number of aryl methyl sites for hydroxylation is 4. The zero-order valence-electron chi connectivity index (χ0n) is 29.6. The Balaban J connectivity index is 0.000000232. The number of hydrogen-bond donors (Lipinski definition) is 0. The molecule has 0 fully saturated rings. The number of rotatable bonds is 16. The normalized spacial score (nSPS) is 10.7. The van der Waals surface area contributed by atoms with E-state index in [2.05, 4.69) is 97.1 Å². The number of imidazole rings is 2. The van der Waals surface area contributed by atoms with Gasteiger partial charge in [-0.3, -0.25) is 0 Å². The van der Waals surface area contributed by atoms with Crippen molar-refractivity contribution in [3.05, 3.63) is 153 Å². The minimum atomic E-state index is 0. The van der Waals surface area contributed by atoms with Crippen LogP contribution < -0.4 is 0 Å². The molecule has 0 aliphatic heterocycles. The molecule has 0 aliphatic rings. The maximum Gasteiger partial charge on any atom is 0.176 e. The van der Waals surface area contributed by atoms with E-state index in [1.54, 1.807) is 0 Å². The van der Waals surface area contributed by atoms with Gasteiger partial charge in [-0.05, 0) is 98.1 Å². The van der Waals surface area contributed by atoms with Crippen molar-refractivity contribution in [1.82, 2.24) is 18.3 Å². The zero-order chi connectivity index (χ0) is 36.7. The molecule has 0 bridgehead atoms. The second-order valence-corrected chi connectivity index (χ2v) is 15.0. The first-order chi connectivity index (χ1) is 25.3. The van der Waals surface area contributed by atoms with Gasteiger partial charge >= 0.3 is 0 Å². The summed E-state index contributed by atoms with van der Waals surface area (Å²) in [4.78, 5) is 0. The molecule has 0 aliphatic carbocycles. The van der Waals surface area contributed by atoms with Crippen molar-refractivity contribution >= 4 is 75.0 Å². The van der Waals surface area contributed by atoms with E-state index in [-0.39, 0.29) is 16.5 Å². The van der Waals surface area contributed by atoms with Gasteiger partial charge in [-0.25, -0.2) is 0 Å². The molecule has 11 heteroatoms. The number of hydrogen-bond acceptors (Lipinski definition) is 6. The van der Waals surface area contributed by atoms with Crippen LogP contribution >= 0.6 is 24.4 Å². The SMILES string of the molecule is S=c1n(CCCc2ccccc2)c([S-])c([S-])n1CCCc1ccccc1.S=c1n(CCCc2ccccc2)c([S-])c([S-])n1CCCc1ccccc1.[Ni]. The standard InChI is InChI=1S/2C21H24N2S3.Ni/c2*24-19-20(25)23(16-8-14-18-11-5-2-6-12-18)21(26)22(19)15-7-13-17-9-3-1-4-10-17;/h2*1-6,9-12,24-25H,7-8,13-16H2;/p-4. The van der Waals surface area contributed by atoms with E-state index in [1.165, 1.54) is 22.3 Å². The molecule has 0 amide bonds. The van der Waals surface area contributed by atoms with Gasteiger partial charge < -0.3 is 68.8 Å². The van der Waals surface area contributed by atoms with Crippen molar-refractivity contribution in [2.24, 2.45) is 0 Å². The van der Waals surface area contributed by atoms with Gasteiger partial charge in [0.15, 0.2) is 9.54 Å². The molecule has 282 valence electrons. The predicted molar refractivity (Wildman–Crippen MR) is 228 cm³/mol. The Morgan fingerprint density at radius 2 is 0.528 bits per heavy atom. The third-order valence-corrected chi connectivity index (χ3v) is 11.8. The fourth-order valence-corrected chi connectivity index (χ4v) is 8.35. The fraction of sp³-hybridized carbons (Fsp3) is 0.286. The van der Waals surface area contributed by atoms with Crippen LogP contribution in [0, 0.1) is 9.54 Å². The van der Waals surface area contributed by atoms with Crippen molar-refractivity contribution in [3.8, 4) is 0 Å². The summed E-state index contributed by atoms with van der Waals surface area (Å²) in [7, 11) is 0. The van der Waals surface area contributed by atoms with Crippen LogP contribution in [0.15, 0.2) is 141 Å². The molecule has 6 rings (SSSR count). The summed E-state index contributed by atoms with van der Waals surface area (Å²) in [5.41, 5.74) is 5.35. The third-order valence-electron chi connectivity index (χ3n) is 9.03. The Bertz CT molecular complexity index is 1780. The van der Waals surface area contributed by atoms with Crippen LogP contribution in [0.3, 0.4) is 0 Å². The average molecular weight is 856 g/mol. The zero-order valence-corrected chi connectivity index (χ0v) is 35.5. The number of benzene rings is 4. The first-order valence-corrected chi connectivity index (χ1v) is 20.3. The van der Waals surface area contributed by atoms with Crippen LogP contribution in [-0.4, -0.2) is 18.3 Å². The summed E-state index contributed by atoms with van der Waals surface area (Å²) in [5, 5.41) is 2.83. The van der Waals surface area contributed by atoms with E-state index in [4.69, 9.17) is 75.0 Å². The second-order valence-electron chi connectivity index (χ2n) is 12.7. The van der Waals surface area contributed by atoms with Gasteiger partial charge in [0.05, 0.1) is 0 Å². The monoisotopic (exact) mass is 854 g/mol. The van der Waals surface area contributed by atoms with Gasteiger partial charge in [-0.15, -0.1) is 20.1 Å². The molecule has 0 unspecified atom stereocenters. The topological polar surface area (TPSA) is 19.7 Å². The smallest absolute Gasteiger partial charge is 0.176 e. The molecule has 0 saturated carbocycles. The van der Waals surface area contributed by atoms with Crippen LogP contribution in [-0.2, 0) is 119 Å². The molecular weight excluding hydrogens is 812 g/mol. The molecular formula is C42H44N4NiS6-4. The van der Waals surface area contributed by atoms with E-state index in [9.17, 15) is 0 Å². The minimum absolute atomic E-state index is 0. The quantitative estimate of drug-likeness (QED) is 0.0545. The van der Waals surface area contributed by atoms with Gasteiger partial charge in [0, 0.05) is 42.7 Å². The first-order valence-electron chi connectivity index (χ1n) is 17.8. The molecule has 6 aromatic rings. The van der Waals surface area contributed by atoms with Crippen LogP contribution in [0.5, 0.6) is 0 Å². The number of nitrogens with zero attached hydrogens (tertiary/aromatic N) is 4. The molecule has 4 nitrogen and oxygen atoms in total. The van der Waals surface area contributed by atoms with Crippen molar-refractivity contribution in [3.63, 3.8) is 0 Å². The first kappa shape index (κ1) is 42.8. The van der Waals surface area contributed by atoms with Gasteiger partial charge in [0.1, 0.15) is 0 Å². The molecule has 53 heavy (non-hydrogen) atoms. The summed E-state index contributed by atoms with van der Waals surface area (Å²) in [6.07, 6.45) is 8.09. The Morgan fingerprint density at radius 1 is 0.340 bits per heavy atom. The van der Waals surface area contributed by atoms with Crippen molar-refractivity contribution in [2.75, 3.05) is 0 Å². The Morgan fingerprint density at radius 3 is 0.717 bits per heavy atom. The summed E-state index contributed by atoms with van der Waals surface area (Å²) < 4.78 is 9.63. The Kier molecular flexibility index (Phi) is 18.2. The molecule has 2 heterocycles. The summed E-state index contributed by atoms with van der Waals surface area (Å²) in [6.45, 7) is 3.29. The minimum Gasteiger partial charge on any atom is -0.762 e. The van der Waals surface area contributed by atoms with E-state index >= 15 is 0 Å². The molecule has 0 N–H and O–H groups in total. The molecule has 0 spiro atoms. The van der Waals surface area contributed by atoms with Crippen LogP contribution in [0.4, 0.5) is 0 Å². The van der Waals surface area contributed by atoms with E-state index in [0.717, 1.165) is 87.1 Å². The van der Waals surface area contributed by atoms with Gasteiger partial charge in [0.2, 0.25) is 0 Å². The molecule has 0 radical (unpaired) electrons. The van der Waals surface area contributed by atoms with Gasteiger partial charge in [-0.1, -0.05) is 121 Å². The maximum atomic E-state index is 5.65. The summed E-state index contributed by atoms with van der Waals surface area (Å²) in [6, 6.07) is 42.0. The van der Waals surface area contributed by atoms with E-state index < -0.39 is 0 Å². The maximum absolute atomic E-state index is 5.65. The van der Waals surface area contributed by atoms with E-state index in [0.29, 0.717) is 20.1 Å². The molecule has 4 aromatic carbocycles. The van der Waals surface area contributed by atoms with Crippen LogP contribution in [0.25, 0.3) is 0 Å². The number of aromatic nitrogens is 4. The van der Waals surface area contributed by atoms with Crippen molar-refractivity contribution in [2.45, 2.75) is 97.6 Å². The Labute approximate surface area is 357 Å².